The molecule has 1 atom stereocenters. The molecule has 0 saturated carbocycles. The summed E-state index contributed by atoms with van der Waals surface area (Å²) in [5.74, 6) is -0.0287. The van der Waals surface area contributed by atoms with Gasteiger partial charge in [-0.2, -0.15) is 0 Å². The van der Waals surface area contributed by atoms with E-state index in [2.05, 4.69) is 5.32 Å². The van der Waals surface area contributed by atoms with Gasteiger partial charge in [-0.1, -0.05) is 6.08 Å². The highest BCUT2D eigenvalue weighted by molar-refractivity contribution is 5.73. The Kier molecular flexibility index (Phi) is 6.04. The van der Waals surface area contributed by atoms with E-state index in [0.29, 0.717) is 6.10 Å². The molecule has 4 nitrogen and oxygen atoms in total. The molecular weight excluding hydrogens is 194 g/mol. The van der Waals surface area contributed by atoms with Gasteiger partial charge in [-0.05, 0) is 25.5 Å². The molecule has 86 valence electrons. The molecule has 0 bridgehead atoms. The lowest BCUT2D eigenvalue weighted by atomic mass is 10.2. The van der Waals surface area contributed by atoms with Crippen molar-refractivity contribution in [1.29, 1.82) is 0 Å². The number of amides is 1. The van der Waals surface area contributed by atoms with Gasteiger partial charge in [-0.3, -0.25) is 4.79 Å². The fourth-order valence-electron chi connectivity index (χ4n) is 1.10. The summed E-state index contributed by atoms with van der Waals surface area (Å²) < 4.78 is 10.4. The minimum absolute atomic E-state index is 0.0287. The van der Waals surface area contributed by atoms with Crippen LogP contribution in [0.3, 0.4) is 0 Å². The topological polar surface area (TPSA) is 50.9 Å². The van der Waals surface area contributed by atoms with Crippen molar-refractivity contribution in [1.82, 2.24) is 5.32 Å². The summed E-state index contributed by atoms with van der Waals surface area (Å²) in [7, 11) is 0. The highest BCUT2D eigenvalue weighted by Crippen LogP contribution is 2.08. The molecule has 15 heavy (non-hydrogen) atoms. The average Bonchev–Trinajstić information content (AvgIpc) is 2.98. The first-order valence-electron chi connectivity index (χ1n) is 5.40. The zero-order valence-electron chi connectivity index (χ0n) is 9.20. The number of carbonyl (C=O) groups excluding carboxylic acids is 1. The second-order valence-electron chi connectivity index (χ2n) is 3.63. The predicted molar refractivity (Wildman–Crippen MR) is 57.4 cm³/mol. The van der Waals surface area contributed by atoms with Crippen molar-refractivity contribution in [3.8, 4) is 0 Å². The molecular formula is C11H19NO3. The van der Waals surface area contributed by atoms with Crippen LogP contribution in [0, 0.1) is 0 Å². The quantitative estimate of drug-likeness (QED) is 0.487. The third kappa shape index (κ3) is 8.15. The monoisotopic (exact) mass is 213 g/mol. The Morgan fingerprint density at radius 1 is 1.60 bits per heavy atom. The number of unbranched alkanes of at least 4 members (excludes halogenated alkanes) is 2. The minimum Gasteiger partial charge on any atom is -0.379 e. The Hall–Kier alpha value is -0.870. The second kappa shape index (κ2) is 7.43. The van der Waals surface area contributed by atoms with Crippen LogP contribution in [0.1, 0.15) is 26.2 Å². The van der Waals surface area contributed by atoms with Crippen molar-refractivity contribution >= 4 is 5.91 Å². The second-order valence-corrected chi connectivity index (χ2v) is 3.63. The standard InChI is InChI=1S/C11H19NO3/c1-10(13)12-6-4-2-3-5-7-14-8-11-9-15-11/h4,6,11H,2-3,5,7-9H2,1H3,(H,12,13)/b6-4+. The van der Waals surface area contributed by atoms with E-state index in [4.69, 9.17) is 9.47 Å². The molecule has 1 saturated heterocycles. The van der Waals surface area contributed by atoms with E-state index in [9.17, 15) is 4.79 Å². The fourth-order valence-corrected chi connectivity index (χ4v) is 1.10. The lowest BCUT2D eigenvalue weighted by molar-refractivity contribution is -0.118. The van der Waals surface area contributed by atoms with Gasteiger partial charge in [0.15, 0.2) is 0 Å². The summed E-state index contributed by atoms with van der Waals surface area (Å²) in [5.41, 5.74) is 0. The van der Waals surface area contributed by atoms with Crippen LogP contribution in [-0.4, -0.2) is 31.8 Å². The van der Waals surface area contributed by atoms with Gasteiger partial charge < -0.3 is 14.8 Å². The molecule has 1 N–H and O–H groups in total. The summed E-state index contributed by atoms with van der Waals surface area (Å²) in [4.78, 5) is 10.5. The van der Waals surface area contributed by atoms with Crippen LogP contribution in [0.25, 0.3) is 0 Å². The van der Waals surface area contributed by atoms with Crippen LogP contribution < -0.4 is 5.32 Å². The van der Waals surface area contributed by atoms with Crippen molar-refractivity contribution in [3.63, 3.8) is 0 Å². The largest absolute Gasteiger partial charge is 0.379 e. The van der Waals surface area contributed by atoms with E-state index in [1.807, 2.05) is 6.08 Å². The van der Waals surface area contributed by atoms with Crippen LogP contribution in [0.5, 0.6) is 0 Å². The smallest absolute Gasteiger partial charge is 0.220 e. The van der Waals surface area contributed by atoms with E-state index in [1.165, 1.54) is 6.92 Å². The van der Waals surface area contributed by atoms with Gasteiger partial charge in [0.05, 0.1) is 13.2 Å². The summed E-state index contributed by atoms with van der Waals surface area (Å²) in [6.07, 6.45) is 7.14. The van der Waals surface area contributed by atoms with Crippen LogP contribution in [0.2, 0.25) is 0 Å². The van der Waals surface area contributed by atoms with Crippen LogP contribution in [0.4, 0.5) is 0 Å². The average molecular weight is 213 g/mol. The van der Waals surface area contributed by atoms with Crippen molar-refractivity contribution in [2.24, 2.45) is 0 Å². The molecule has 0 aromatic rings. The maximum absolute atomic E-state index is 10.5. The minimum atomic E-state index is -0.0287. The molecule has 0 aromatic carbocycles. The van der Waals surface area contributed by atoms with Crippen molar-refractivity contribution in [2.45, 2.75) is 32.3 Å². The predicted octanol–water partition coefficient (Wildman–Crippen LogP) is 1.22. The molecule has 1 aliphatic heterocycles. The molecule has 0 aromatic heterocycles. The number of rotatable bonds is 8. The summed E-state index contributed by atoms with van der Waals surface area (Å²) in [6.45, 7) is 3.90. The van der Waals surface area contributed by atoms with Gasteiger partial charge in [-0.25, -0.2) is 0 Å². The van der Waals surface area contributed by atoms with Gasteiger partial charge in [0.2, 0.25) is 5.91 Å². The normalized spacial score (nSPS) is 19.4. The summed E-state index contributed by atoms with van der Waals surface area (Å²) >= 11 is 0. The zero-order valence-corrected chi connectivity index (χ0v) is 9.20. The van der Waals surface area contributed by atoms with E-state index >= 15 is 0 Å². The van der Waals surface area contributed by atoms with E-state index < -0.39 is 0 Å². The highest BCUT2D eigenvalue weighted by atomic mass is 16.6. The molecule has 1 fully saturated rings. The highest BCUT2D eigenvalue weighted by Gasteiger charge is 2.21. The lowest BCUT2D eigenvalue weighted by Gasteiger charge is -2.00. The molecule has 4 heteroatoms. The number of nitrogens with one attached hydrogen (secondary N) is 1. The van der Waals surface area contributed by atoms with Crippen molar-refractivity contribution < 1.29 is 14.3 Å². The maximum Gasteiger partial charge on any atom is 0.220 e. The molecule has 1 aliphatic rings. The molecule has 0 aliphatic carbocycles. The van der Waals surface area contributed by atoms with Crippen LogP contribution in [-0.2, 0) is 14.3 Å². The number of carbonyl (C=O) groups is 1. The molecule has 1 amide bonds. The first-order chi connectivity index (χ1) is 7.29. The SMILES string of the molecule is CC(=O)N/C=C/CCCCOCC1CO1. The van der Waals surface area contributed by atoms with Crippen molar-refractivity contribution in [2.75, 3.05) is 19.8 Å². The number of hydrogen-bond donors (Lipinski definition) is 1. The Morgan fingerprint density at radius 3 is 3.07 bits per heavy atom. The number of hydrogen-bond acceptors (Lipinski definition) is 3. The Morgan fingerprint density at radius 2 is 2.40 bits per heavy atom. The third-order valence-corrected chi connectivity index (χ3v) is 2.02. The van der Waals surface area contributed by atoms with Gasteiger partial charge in [0.25, 0.3) is 0 Å². The fraction of sp³-hybridized carbons (Fsp3) is 0.727. The molecule has 1 unspecified atom stereocenters. The van der Waals surface area contributed by atoms with Gasteiger partial charge in [-0.15, -0.1) is 0 Å². The van der Waals surface area contributed by atoms with Crippen molar-refractivity contribution in [3.05, 3.63) is 12.3 Å². The number of allylic oxidation sites excluding steroid dienone is 1. The molecule has 0 radical (unpaired) electrons. The van der Waals surface area contributed by atoms with E-state index in [0.717, 1.165) is 39.1 Å². The Balaban J connectivity index is 1.75. The Labute approximate surface area is 90.6 Å². The van der Waals surface area contributed by atoms with Crippen LogP contribution >= 0.6 is 0 Å². The van der Waals surface area contributed by atoms with E-state index in [-0.39, 0.29) is 5.91 Å². The zero-order chi connectivity index (χ0) is 10.9. The van der Waals surface area contributed by atoms with Gasteiger partial charge >= 0.3 is 0 Å². The summed E-state index contributed by atoms with van der Waals surface area (Å²) in [6, 6.07) is 0. The molecule has 1 rings (SSSR count). The maximum atomic E-state index is 10.5. The van der Waals surface area contributed by atoms with Gasteiger partial charge in [0, 0.05) is 13.5 Å². The summed E-state index contributed by atoms with van der Waals surface area (Å²) in [5, 5.41) is 2.60. The first kappa shape index (κ1) is 12.2. The number of epoxide rings is 1. The Bertz CT molecular complexity index is 212. The number of ether oxygens (including phenoxy) is 2. The molecule has 1 heterocycles. The lowest BCUT2D eigenvalue weighted by Crippen LogP contribution is -2.11. The van der Waals surface area contributed by atoms with Gasteiger partial charge in [0.1, 0.15) is 6.10 Å². The third-order valence-electron chi connectivity index (χ3n) is 2.02. The van der Waals surface area contributed by atoms with E-state index in [1.54, 1.807) is 6.20 Å². The first-order valence-corrected chi connectivity index (χ1v) is 5.40. The molecule has 0 spiro atoms. The van der Waals surface area contributed by atoms with Crippen LogP contribution in [0.15, 0.2) is 12.3 Å².